The van der Waals surface area contributed by atoms with Crippen LogP contribution < -0.4 is 4.74 Å². The number of nitrogens with zero attached hydrogens (tertiary/aromatic N) is 1. The van der Waals surface area contributed by atoms with Crippen molar-refractivity contribution < 1.29 is 14.3 Å². The van der Waals surface area contributed by atoms with E-state index in [-0.39, 0.29) is 5.97 Å². The second-order valence-electron chi connectivity index (χ2n) is 3.38. The third-order valence-electron chi connectivity index (χ3n) is 2.17. The molecule has 0 saturated carbocycles. The molecule has 0 bridgehead atoms. The van der Waals surface area contributed by atoms with E-state index in [0.717, 1.165) is 0 Å². The minimum absolute atomic E-state index is 0.362. The number of cyclic esters (lactones) is 1. The number of ether oxygens (including phenoxy) is 2. The normalized spacial score (nSPS) is 18.6. The second-order valence-corrected chi connectivity index (χ2v) is 3.38. The van der Waals surface area contributed by atoms with Crippen molar-refractivity contribution in [2.24, 2.45) is 0 Å². The molecule has 1 atom stereocenters. The largest absolute Gasteiger partial charge is 0.451 e. The van der Waals surface area contributed by atoms with Gasteiger partial charge in [-0.25, -0.2) is 4.79 Å². The van der Waals surface area contributed by atoms with Crippen molar-refractivity contribution in [2.75, 3.05) is 0 Å². The summed E-state index contributed by atoms with van der Waals surface area (Å²) in [7, 11) is 0. The molecule has 0 saturated heterocycles. The van der Waals surface area contributed by atoms with E-state index in [9.17, 15) is 4.79 Å². The molecule has 1 aromatic rings. The van der Waals surface area contributed by atoms with Gasteiger partial charge in [0, 0.05) is 11.6 Å². The third-order valence-corrected chi connectivity index (χ3v) is 2.17. The van der Waals surface area contributed by atoms with Crippen molar-refractivity contribution in [1.82, 2.24) is 0 Å². The minimum Gasteiger partial charge on any atom is -0.451 e. The van der Waals surface area contributed by atoms with Gasteiger partial charge < -0.3 is 9.47 Å². The highest BCUT2D eigenvalue weighted by atomic mass is 16.7. The molecule has 16 heavy (non-hydrogen) atoms. The lowest BCUT2D eigenvalue weighted by Crippen LogP contribution is -2.15. The Morgan fingerprint density at radius 1 is 1.38 bits per heavy atom. The first-order chi connectivity index (χ1) is 7.69. The molecule has 1 aliphatic heterocycles. The van der Waals surface area contributed by atoms with E-state index in [0.29, 0.717) is 16.9 Å². The summed E-state index contributed by atoms with van der Waals surface area (Å²) in [5, 5.41) is 8.61. The molecule has 80 valence electrons. The van der Waals surface area contributed by atoms with Gasteiger partial charge in [0.2, 0.25) is 0 Å². The smallest absolute Gasteiger partial charge is 0.336 e. The fourth-order valence-corrected chi connectivity index (χ4v) is 1.30. The molecule has 0 fully saturated rings. The number of carbonyl (C=O) groups is 1. The molecule has 2 rings (SSSR count). The highest BCUT2D eigenvalue weighted by Crippen LogP contribution is 2.19. The molecule has 0 amide bonds. The van der Waals surface area contributed by atoms with E-state index >= 15 is 0 Å². The van der Waals surface area contributed by atoms with Gasteiger partial charge in [0.15, 0.2) is 0 Å². The van der Waals surface area contributed by atoms with E-state index in [4.69, 9.17) is 14.7 Å². The molecule has 0 radical (unpaired) electrons. The van der Waals surface area contributed by atoms with E-state index < -0.39 is 6.29 Å². The monoisotopic (exact) mass is 215 g/mol. The Hall–Kier alpha value is -2.28. The summed E-state index contributed by atoms with van der Waals surface area (Å²) in [6.07, 6.45) is 0.945. The quantitative estimate of drug-likeness (QED) is 0.705. The predicted octanol–water partition coefficient (Wildman–Crippen LogP) is 1.77. The Bertz CT molecular complexity index is 482. The maximum absolute atomic E-state index is 11.1. The van der Waals surface area contributed by atoms with Crippen molar-refractivity contribution >= 4 is 5.97 Å². The van der Waals surface area contributed by atoms with Gasteiger partial charge in [0.25, 0.3) is 6.29 Å². The number of nitriles is 1. The summed E-state index contributed by atoms with van der Waals surface area (Å²) in [5.74, 6) is 0.196. The third kappa shape index (κ3) is 2.04. The van der Waals surface area contributed by atoms with Gasteiger partial charge in [-0.15, -0.1) is 0 Å². The SMILES string of the molecule is CC1=C[C@@H](Oc2ccc(C#N)cc2)OC1=O. The molecule has 4 nitrogen and oxygen atoms in total. The van der Waals surface area contributed by atoms with E-state index in [1.807, 2.05) is 6.07 Å². The number of benzene rings is 1. The van der Waals surface area contributed by atoms with Gasteiger partial charge in [-0.1, -0.05) is 0 Å². The fraction of sp³-hybridized carbons (Fsp3) is 0.167. The highest BCUT2D eigenvalue weighted by Gasteiger charge is 2.23. The summed E-state index contributed by atoms with van der Waals surface area (Å²) in [4.78, 5) is 11.1. The van der Waals surface area contributed by atoms with Crippen LogP contribution in [0.5, 0.6) is 5.75 Å². The van der Waals surface area contributed by atoms with E-state index in [1.54, 1.807) is 37.3 Å². The van der Waals surface area contributed by atoms with Gasteiger partial charge in [-0.3, -0.25) is 0 Å². The van der Waals surface area contributed by atoms with Crippen LogP contribution in [0, 0.1) is 11.3 Å². The van der Waals surface area contributed by atoms with Gasteiger partial charge in [-0.2, -0.15) is 5.26 Å². The van der Waals surface area contributed by atoms with Crippen LogP contribution in [0.15, 0.2) is 35.9 Å². The second kappa shape index (κ2) is 4.07. The highest BCUT2D eigenvalue weighted by molar-refractivity contribution is 5.90. The average molecular weight is 215 g/mol. The molecule has 1 heterocycles. The Balaban J connectivity index is 2.06. The molecular weight excluding hydrogens is 206 g/mol. The van der Waals surface area contributed by atoms with Crippen molar-refractivity contribution in [1.29, 1.82) is 5.26 Å². The number of hydrogen-bond donors (Lipinski definition) is 0. The van der Waals surface area contributed by atoms with Crippen molar-refractivity contribution in [2.45, 2.75) is 13.2 Å². The zero-order valence-electron chi connectivity index (χ0n) is 8.64. The Labute approximate surface area is 92.7 Å². The summed E-state index contributed by atoms with van der Waals surface area (Å²) < 4.78 is 10.3. The molecular formula is C12H9NO3. The lowest BCUT2D eigenvalue weighted by Gasteiger charge is -2.10. The van der Waals surface area contributed by atoms with Crippen molar-refractivity contribution in [3.8, 4) is 11.8 Å². The van der Waals surface area contributed by atoms with Crippen LogP contribution in [0.1, 0.15) is 12.5 Å². The maximum Gasteiger partial charge on any atom is 0.336 e. The zero-order chi connectivity index (χ0) is 11.5. The lowest BCUT2D eigenvalue weighted by atomic mass is 10.2. The van der Waals surface area contributed by atoms with Gasteiger partial charge in [0.1, 0.15) is 5.75 Å². The van der Waals surface area contributed by atoms with Crippen molar-refractivity contribution in [3.05, 3.63) is 41.5 Å². The Morgan fingerprint density at radius 3 is 2.56 bits per heavy atom. The molecule has 4 heteroatoms. The van der Waals surface area contributed by atoms with Crippen LogP contribution in [0.3, 0.4) is 0 Å². The topological polar surface area (TPSA) is 59.3 Å². The summed E-state index contributed by atoms with van der Waals surface area (Å²) in [6, 6.07) is 8.61. The van der Waals surface area contributed by atoms with Crippen molar-refractivity contribution in [3.63, 3.8) is 0 Å². The van der Waals surface area contributed by atoms with E-state index in [1.165, 1.54) is 0 Å². The summed E-state index contributed by atoms with van der Waals surface area (Å²) >= 11 is 0. The van der Waals surface area contributed by atoms with Crippen LogP contribution in [-0.4, -0.2) is 12.3 Å². The number of esters is 1. The molecule has 0 N–H and O–H groups in total. The number of rotatable bonds is 2. The van der Waals surface area contributed by atoms with Crippen LogP contribution in [0.25, 0.3) is 0 Å². The predicted molar refractivity (Wildman–Crippen MR) is 55.4 cm³/mol. The number of carbonyl (C=O) groups excluding carboxylic acids is 1. The lowest BCUT2D eigenvalue weighted by molar-refractivity contribution is -0.148. The Morgan fingerprint density at radius 2 is 2.06 bits per heavy atom. The standard InChI is InChI=1S/C12H9NO3/c1-8-6-11(16-12(8)14)15-10-4-2-9(7-13)3-5-10/h2-6,11H,1H3/t11-/m0/s1. The maximum atomic E-state index is 11.1. The van der Waals surface area contributed by atoms with E-state index in [2.05, 4.69) is 0 Å². The van der Waals surface area contributed by atoms with Gasteiger partial charge in [0.05, 0.1) is 11.6 Å². The van der Waals surface area contributed by atoms with Crippen LogP contribution in [-0.2, 0) is 9.53 Å². The minimum atomic E-state index is -0.666. The molecule has 1 aliphatic rings. The summed E-state index contributed by atoms with van der Waals surface area (Å²) in [6.45, 7) is 1.67. The first kappa shape index (κ1) is 10.2. The number of hydrogen-bond acceptors (Lipinski definition) is 4. The first-order valence-corrected chi connectivity index (χ1v) is 4.75. The van der Waals surface area contributed by atoms with Crippen LogP contribution >= 0.6 is 0 Å². The first-order valence-electron chi connectivity index (χ1n) is 4.75. The zero-order valence-corrected chi connectivity index (χ0v) is 8.64. The van der Waals surface area contributed by atoms with Crippen LogP contribution in [0.4, 0.5) is 0 Å². The molecule has 0 aromatic heterocycles. The molecule has 0 spiro atoms. The van der Waals surface area contributed by atoms with Crippen LogP contribution in [0.2, 0.25) is 0 Å². The fourth-order valence-electron chi connectivity index (χ4n) is 1.30. The summed E-state index contributed by atoms with van der Waals surface area (Å²) in [5.41, 5.74) is 1.10. The Kier molecular flexibility index (Phi) is 2.61. The molecule has 0 aliphatic carbocycles. The van der Waals surface area contributed by atoms with Gasteiger partial charge >= 0.3 is 5.97 Å². The molecule has 1 aromatic carbocycles. The average Bonchev–Trinajstić information content (AvgIpc) is 2.59. The van der Waals surface area contributed by atoms with Gasteiger partial charge in [-0.05, 0) is 31.2 Å². The molecule has 0 unspecified atom stereocenters.